The van der Waals surface area contributed by atoms with E-state index in [1.807, 2.05) is 11.0 Å². The molecule has 4 rings (SSSR count). The molecule has 2 amide bonds. The lowest BCUT2D eigenvalue weighted by molar-refractivity contribution is -0.123. The van der Waals surface area contributed by atoms with Gasteiger partial charge in [-0.25, -0.2) is 9.97 Å². The van der Waals surface area contributed by atoms with Crippen molar-refractivity contribution in [2.45, 2.75) is 25.7 Å². The Morgan fingerprint density at radius 3 is 2.48 bits per heavy atom. The number of fused-ring (bicyclic) bond motifs is 1. The van der Waals surface area contributed by atoms with Crippen molar-refractivity contribution in [1.82, 2.24) is 9.97 Å². The molecule has 0 atom stereocenters. The fourth-order valence-electron chi connectivity index (χ4n) is 4.09. The SMILES string of the molecule is NC(=O)c1cccc2c1CCCN2C(=O)C1CCN(c2ncccn2)CC1. The quantitative estimate of drug-likeness (QED) is 0.895. The van der Waals surface area contributed by atoms with Crippen molar-refractivity contribution in [2.75, 3.05) is 29.4 Å². The Balaban J connectivity index is 1.49. The van der Waals surface area contributed by atoms with Gasteiger partial charge in [0.25, 0.3) is 0 Å². The number of hydrogen-bond donors (Lipinski definition) is 1. The standard InChI is InChI=1S/C20H23N5O2/c21-18(26)16-4-1-6-17-15(16)5-2-11-25(17)19(27)14-7-12-24(13-8-14)20-22-9-3-10-23-20/h1,3-4,6,9-10,14H,2,5,7-8,11-13H2,(H2,21,26). The van der Waals surface area contributed by atoms with Crippen molar-refractivity contribution < 1.29 is 9.59 Å². The molecular formula is C20H23N5O2. The molecule has 0 radical (unpaired) electrons. The van der Waals surface area contributed by atoms with Gasteiger partial charge in [-0.3, -0.25) is 9.59 Å². The first kappa shape index (κ1) is 17.5. The molecule has 1 saturated heterocycles. The number of carbonyl (C=O) groups is 2. The number of hydrogen-bond acceptors (Lipinski definition) is 5. The number of rotatable bonds is 3. The summed E-state index contributed by atoms with van der Waals surface area (Å²) in [5.74, 6) is 0.412. The van der Waals surface area contributed by atoms with Gasteiger partial charge in [-0.15, -0.1) is 0 Å². The van der Waals surface area contributed by atoms with Gasteiger partial charge in [-0.1, -0.05) is 6.07 Å². The molecule has 0 unspecified atom stereocenters. The zero-order chi connectivity index (χ0) is 18.8. The predicted molar refractivity (Wildman–Crippen MR) is 103 cm³/mol. The first-order valence-electron chi connectivity index (χ1n) is 9.40. The van der Waals surface area contributed by atoms with Crippen molar-refractivity contribution in [3.8, 4) is 0 Å². The van der Waals surface area contributed by atoms with E-state index >= 15 is 0 Å². The fraction of sp³-hybridized carbons (Fsp3) is 0.400. The van der Waals surface area contributed by atoms with Crippen LogP contribution in [0.5, 0.6) is 0 Å². The summed E-state index contributed by atoms with van der Waals surface area (Å²) in [7, 11) is 0. The number of benzene rings is 1. The summed E-state index contributed by atoms with van der Waals surface area (Å²) in [6.07, 6.45) is 6.65. The number of aromatic nitrogens is 2. The van der Waals surface area contributed by atoms with Crippen LogP contribution in [0.2, 0.25) is 0 Å². The molecule has 0 aliphatic carbocycles. The summed E-state index contributed by atoms with van der Waals surface area (Å²) in [6, 6.07) is 7.27. The summed E-state index contributed by atoms with van der Waals surface area (Å²) in [5, 5.41) is 0. The lowest BCUT2D eigenvalue weighted by Gasteiger charge is -2.36. The fourth-order valence-corrected chi connectivity index (χ4v) is 4.09. The van der Waals surface area contributed by atoms with E-state index in [4.69, 9.17) is 5.73 Å². The van der Waals surface area contributed by atoms with Crippen LogP contribution in [0.3, 0.4) is 0 Å². The number of carbonyl (C=O) groups excluding carboxylic acids is 2. The van der Waals surface area contributed by atoms with Crippen LogP contribution >= 0.6 is 0 Å². The van der Waals surface area contributed by atoms with Crippen LogP contribution in [0, 0.1) is 5.92 Å². The average molecular weight is 365 g/mol. The molecule has 27 heavy (non-hydrogen) atoms. The van der Waals surface area contributed by atoms with E-state index in [-0.39, 0.29) is 11.8 Å². The lowest BCUT2D eigenvalue weighted by atomic mass is 9.91. The van der Waals surface area contributed by atoms with Crippen LogP contribution in [0.1, 0.15) is 35.2 Å². The first-order valence-corrected chi connectivity index (χ1v) is 9.40. The van der Waals surface area contributed by atoms with Crippen LogP contribution in [0.25, 0.3) is 0 Å². The van der Waals surface area contributed by atoms with Gasteiger partial charge in [0.05, 0.1) is 0 Å². The van der Waals surface area contributed by atoms with Gasteiger partial charge in [0.2, 0.25) is 17.8 Å². The van der Waals surface area contributed by atoms with Crippen LogP contribution in [-0.4, -0.2) is 41.4 Å². The van der Waals surface area contributed by atoms with Gasteiger partial charge in [0.1, 0.15) is 0 Å². The first-order chi connectivity index (χ1) is 13.1. The number of primary amides is 1. The van der Waals surface area contributed by atoms with Gasteiger partial charge in [-0.05, 0) is 49.4 Å². The van der Waals surface area contributed by atoms with E-state index < -0.39 is 5.91 Å². The molecule has 3 heterocycles. The van der Waals surface area contributed by atoms with Crippen LogP contribution in [0.4, 0.5) is 11.6 Å². The third-order valence-corrected chi connectivity index (χ3v) is 5.46. The summed E-state index contributed by atoms with van der Waals surface area (Å²) >= 11 is 0. The van der Waals surface area contributed by atoms with Crippen molar-refractivity contribution in [3.63, 3.8) is 0 Å². The molecule has 7 heteroatoms. The third-order valence-electron chi connectivity index (χ3n) is 5.46. The molecule has 2 aliphatic rings. The highest BCUT2D eigenvalue weighted by molar-refractivity contribution is 6.00. The number of piperidine rings is 1. The number of nitrogens with two attached hydrogens (primary N) is 1. The molecule has 1 aromatic heterocycles. The minimum Gasteiger partial charge on any atom is -0.366 e. The maximum Gasteiger partial charge on any atom is 0.249 e. The van der Waals surface area contributed by atoms with E-state index in [9.17, 15) is 9.59 Å². The Morgan fingerprint density at radius 1 is 1.04 bits per heavy atom. The molecule has 1 fully saturated rings. The van der Waals surface area contributed by atoms with Crippen molar-refractivity contribution in [2.24, 2.45) is 11.7 Å². The van der Waals surface area contributed by atoms with Crippen molar-refractivity contribution in [3.05, 3.63) is 47.8 Å². The second kappa shape index (κ2) is 7.34. The molecular weight excluding hydrogens is 342 g/mol. The van der Waals surface area contributed by atoms with Crippen LogP contribution in [-0.2, 0) is 11.2 Å². The monoisotopic (exact) mass is 365 g/mol. The van der Waals surface area contributed by atoms with Gasteiger partial charge in [-0.2, -0.15) is 0 Å². The Labute approximate surface area is 158 Å². The normalized spacial score (nSPS) is 17.5. The largest absolute Gasteiger partial charge is 0.366 e. The highest BCUT2D eigenvalue weighted by Crippen LogP contribution is 2.32. The molecule has 2 N–H and O–H groups in total. The Bertz CT molecular complexity index is 847. The summed E-state index contributed by atoms with van der Waals surface area (Å²) in [6.45, 7) is 2.22. The maximum absolute atomic E-state index is 13.2. The predicted octanol–water partition coefficient (Wildman–Crippen LogP) is 1.77. The molecule has 2 aromatic rings. The molecule has 0 spiro atoms. The van der Waals surface area contributed by atoms with Crippen molar-refractivity contribution in [1.29, 1.82) is 0 Å². The topological polar surface area (TPSA) is 92.4 Å². The van der Waals surface area contributed by atoms with E-state index in [2.05, 4.69) is 14.9 Å². The Morgan fingerprint density at radius 2 is 1.78 bits per heavy atom. The molecule has 140 valence electrons. The van der Waals surface area contributed by atoms with Gasteiger partial charge >= 0.3 is 0 Å². The average Bonchev–Trinajstić information content (AvgIpc) is 2.73. The number of amides is 2. The van der Waals surface area contributed by atoms with Crippen molar-refractivity contribution >= 4 is 23.5 Å². The van der Waals surface area contributed by atoms with E-state index in [1.165, 1.54) is 0 Å². The molecule has 2 aliphatic heterocycles. The highest BCUT2D eigenvalue weighted by Gasteiger charge is 2.32. The molecule has 0 bridgehead atoms. The second-order valence-corrected chi connectivity index (χ2v) is 7.07. The third kappa shape index (κ3) is 3.37. The smallest absolute Gasteiger partial charge is 0.249 e. The zero-order valence-electron chi connectivity index (χ0n) is 15.2. The van der Waals surface area contributed by atoms with Gasteiger partial charge in [0.15, 0.2) is 0 Å². The zero-order valence-corrected chi connectivity index (χ0v) is 15.2. The number of anilines is 2. The minimum atomic E-state index is -0.433. The minimum absolute atomic E-state index is 0.0202. The molecule has 1 aromatic carbocycles. The van der Waals surface area contributed by atoms with Gasteiger partial charge in [0, 0.05) is 49.2 Å². The van der Waals surface area contributed by atoms with E-state index in [0.29, 0.717) is 12.1 Å². The van der Waals surface area contributed by atoms with Crippen LogP contribution < -0.4 is 15.5 Å². The van der Waals surface area contributed by atoms with E-state index in [1.54, 1.807) is 30.6 Å². The summed E-state index contributed by atoms with van der Waals surface area (Å²) < 4.78 is 0. The van der Waals surface area contributed by atoms with Gasteiger partial charge < -0.3 is 15.5 Å². The van der Waals surface area contributed by atoms with E-state index in [0.717, 1.165) is 56.0 Å². The highest BCUT2D eigenvalue weighted by atomic mass is 16.2. The Kier molecular flexibility index (Phi) is 4.75. The molecule has 0 saturated carbocycles. The summed E-state index contributed by atoms with van der Waals surface area (Å²) in [5.41, 5.74) is 7.79. The molecule has 7 nitrogen and oxygen atoms in total. The second-order valence-electron chi connectivity index (χ2n) is 7.07. The van der Waals surface area contributed by atoms with Crippen LogP contribution in [0.15, 0.2) is 36.7 Å². The Hall–Kier alpha value is -2.96. The summed E-state index contributed by atoms with van der Waals surface area (Å²) in [4.78, 5) is 37.5. The number of nitrogens with zero attached hydrogens (tertiary/aromatic N) is 4. The maximum atomic E-state index is 13.2. The lowest BCUT2D eigenvalue weighted by Crippen LogP contribution is -2.45.